The number of hydrogen-bond donors (Lipinski definition) is 1. The van der Waals surface area contributed by atoms with E-state index >= 15 is 0 Å². The second-order valence-corrected chi connectivity index (χ2v) is 6.32. The van der Waals surface area contributed by atoms with Crippen molar-refractivity contribution < 1.29 is 18.8 Å². The van der Waals surface area contributed by atoms with Crippen molar-refractivity contribution >= 4 is 29.4 Å². The van der Waals surface area contributed by atoms with E-state index < -0.39 is 0 Å². The summed E-state index contributed by atoms with van der Waals surface area (Å²) in [5.41, 5.74) is 2.92. The highest BCUT2D eigenvalue weighted by Crippen LogP contribution is 2.28. The summed E-state index contributed by atoms with van der Waals surface area (Å²) in [5, 5.41) is 2.65. The van der Waals surface area contributed by atoms with E-state index in [1.807, 2.05) is 0 Å². The smallest absolute Gasteiger partial charge is 0.244 e. The molecule has 1 aliphatic heterocycles. The van der Waals surface area contributed by atoms with Crippen LogP contribution in [-0.4, -0.2) is 31.2 Å². The van der Waals surface area contributed by atoms with Crippen molar-refractivity contribution in [3.8, 4) is 0 Å². The van der Waals surface area contributed by atoms with E-state index in [1.54, 1.807) is 48.4 Å². The third-order valence-corrected chi connectivity index (χ3v) is 4.43. The van der Waals surface area contributed by atoms with Crippen molar-refractivity contribution in [3.63, 3.8) is 0 Å². The van der Waals surface area contributed by atoms with Crippen LogP contribution < -0.4 is 10.2 Å². The van der Waals surface area contributed by atoms with E-state index in [1.165, 1.54) is 18.2 Å². The van der Waals surface area contributed by atoms with Crippen molar-refractivity contribution in [3.05, 3.63) is 71.0 Å². The molecular formula is C21H19FN2O3. The molecule has 0 aliphatic carbocycles. The van der Waals surface area contributed by atoms with Gasteiger partial charge in [0.1, 0.15) is 5.82 Å². The summed E-state index contributed by atoms with van der Waals surface area (Å²) < 4.78 is 12.8. The van der Waals surface area contributed by atoms with Gasteiger partial charge in [-0.05, 0) is 47.5 Å². The molecule has 3 rings (SSSR count). The molecule has 1 heterocycles. The maximum absolute atomic E-state index is 12.8. The molecule has 2 aromatic carbocycles. The number of likely N-dealkylation sites (N-methyl/N-ethyl adjacent to an activating group) is 1. The van der Waals surface area contributed by atoms with Gasteiger partial charge in [-0.1, -0.05) is 12.1 Å². The minimum absolute atomic E-state index is 0.00908. The zero-order valence-corrected chi connectivity index (χ0v) is 14.9. The molecule has 6 heteroatoms. The highest BCUT2D eigenvalue weighted by atomic mass is 19.1. The van der Waals surface area contributed by atoms with Crippen LogP contribution in [0.15, 0.2) is 48.5 Å². The molecule has 0 bridgehead atoms. The van der Waals surface area contributed by atoms with Crippen molar-refractivity contribution in [1.29, 1.82) is 0 Å². The van der Waals surface area contributed by atoms with Crippen LogP contribution in [0.25, 0.3) is 6.08 Å². The zero-order chi connectivity index (χ0) is 19.4. The molecule has 0 atom stereocenters. The molecule has 5 nitrogen and oxygen atoms in total. The fourth-order valence-electron chi connectivity index (χ4n) is 2.89. The quantitative estimate of drug-likeness (QED) is 0.631. The minimum atomic E-state index is -0.335. The Kier molecular flexibility index (Phi) is 5.45. The Balaban J connectivity index is 1.50. The zero-order valence-electron chi connectivity index (χ0n) is 14.9. The largest absolute Gasteiger partial charge is 0.352 e. The van der Waals surface area contributed by atoms with Crippen LogP contribution in [-0.2, 0) is 16.0 Å². The maximum atomic E-state index is 12.8. The monoisotopic (exact) mass is 366 g/mol. The first kappa shape index (κ1) is 18.5. The first-order chi connectivity index (χ1) is 12.9. The van der Waals surface area contributed by atoms with Crippen LogP contribution in [0.4, 0.5) is 10.1 Å². The molecule has 27 heavy (non-hydrogen) atoms. The normalized spacial score (nSPS) is 13.1. The molecule has 0 fully saturated rings. The number of nitrogens with one attached hydrogen (secondary N) is 1. The average Bonchev–Trinajstić information content (AvgIpc) is 2.94. The Morgan fingerprint density at radius 3 is 2.67 bits per heavy atom. The van der Waals surface area contributed by atoms with Crippen molar-refractivity contribution in [1.82, 2.24) is 5.32 Å². The second-order valence-electron chi connectivity index (χ2n) is 6.32. The Hall–Kier alpha value is -3.28. The van der Waals surface area contributed by atoms with Crippen LogP contribution in [0.1, 0.15) is 27.9 Å². The molecule has 0 saturated carbocycles. The van der Waals surface area contributed by atoms with Crippen molar-refractivity contribution in [2.24, 2.45) is 0 Å². The van der Waals surface area contributed by atoms with Gasteiger partial charge in [0.15, 0.2) is 5.78 Å². The topological polar surface area (TPSA) is 66.5 Å². The predicted molar refractivity (Wildman–Crippen MR) is 101 cm³/mol. The average molecular weight is 366 g/mol. The molecule has 1 N–H and O–H groups in total. The Morgan fingerprint density at radius 2 is 1.93 bits per heavy atom. The number of halogens is 1. The lowest BCUT2D eigenvalue weighted by atomic mass is 10.0. The first-order valence-corrected chi connectivity index (χ1v) is 8.58. The van der Waals surface area contributed by atoms with Gasteiger partial charge in [-0.2, -0.15) is 0 Å². The molecule has 0 saturated heterocycles. The Bertz CT molecular complexity index is 920. The van der Waals surface area contributed by atoms with Gasteiger partial charge in [0.05, 0.1) is 6.42 Å². The Morgan fingerprint density at radius 1 is 1.19 bits per heavy atom. The SMILES string of the molecule is CN1C(=O)Cc2cc(C(=O)CCNC(=O)/C=C/c3ccc(F)cc3)ccc21. The predicted octanol–water partition coefficient (Wildman–Crippen LogP) is 2.75. The molecular weight excluding hydrogens is 347 g/mol. The second kappa shape index (κ2) is 7.95. The summed E-state index contributed by atoms with van der Waals surface area (Å²) in [6, 6.07) is 11.0. The minimum Gasteiger partial charge on any atom is -0.352 e. The number of hydrogen-bond acceptors (Lipinski definition) is 3. The fraction of sp³-hybridized carbons (Fsp3) is 0.190. The number of carbonyl (C=O) groups excluding carboxylic acids is 3. The standard InChI is InChI=1S/C21H19FN2O3/c1-24-18-8-5-15(12-16(18)13-21(24)27)19(25)10-11-23-20(26)9-4-14-2-6-17(22)7-3-14/h2-9,12H,10-11,13H2,1H3,(H,23,26)/b9-4+. The Labute approximate surface area is 156 Å². The summed E-state index contributed by atoms with van der Waals surface area (Å²) in [7, 11) is 1.71. The number of benzene rings is 2. The lowest BCUT2D eigenvalue weighted by molar-refractivity contribution is -0.117. The van der Waals surface area contributed by atoms with E-state index in [9.17, 15) is 18.8 Å². The summed E-state index contributed by atoms with van der Waals surface area (Å²) in [6.07, 6.45) is 3.38. The number of fused-ring (bicyclic) bond motifs is 1. The number of nitrogens with zero attached hydrogens (tertiary/aromatic N) is 1. The van der Waals surface area contributed by atoms with E-state index in [2.05, 4.69) is 5.32 Å². The third-order valence-electron chi connectivity index (χ3n) is 4.43. The molecule has 138 valence electrons. The fourth-order valence-corrected chi connectivity index (χ4v) is 2.89. The number of carbonyl (C=O) groups is 3. The van der Waals surface area contributed by atoms with Gasteiger partial charge in [0.2, 0.25) is 11.8 Å². The molecule has 2 aromatic rings. The number of ketones is 1. The molecule has 0 unspecified atom stereocenters. The maximum Gasteiger partial charge on any atom is 0.244 e. The summed E-state index contributed by atoms with van der Waals surface area (Å²) in [5.74, 6) is -0.747. The van der Waals surface area contributed by atoms with Gasteiger partial charge in [0.25, 0.3) is 0 Å². The first-order valence-electron chi connectivity index (χ1n) is 8.58. The van der Waals surface area contributed by atoms with Gasteiger partial charge >= 0.3 is 0 Å². The van der Waals surface area contributed by atoms with Crippen LogP contribution in [0.3, 0.4) is 0 Å². The van der Waals surface area contributed by atoms with Crippen molar-refractivity contribution in [2.75, 3.05) is 18.5 Å². The van der Waals surface area contributed by atoms with Crippen LogP contribution in [0.2, 0.25) is 0 Å². The number of amides is 2. The summed E-state index contributed by atoms with van der Waals surface area (Å²) in [6.45, 7) is 0.210. The van der Waals surface area contributed by atoms with Gasteiger partial charge in [-0.3, -0.25) is 14.4 Å². The third kappa shape index (κ3) is 4.47. The summed E-state index contributed by atoms with van der Waals surface area (Å²) >= 11 is 0. The van der Waals surface area contributed by atoms with Crippen LogP contribution >= 0.6 is 0 Å². The van der Waals surface area contributed by atoms with Gasteiger partial charge in [-0.25, -0.2) is 4.39 Å². The van der Waals surface area contributed by atoms with E-state index in [-0.39, 0.29) is 36.4 Å². The van der Waals surface area contributed by atoms with Gasteiger partial charge in [-0.15, -0.1) is 0 Å². The van der Waals surface area contributed by atoms with Crippen LogP contribution in [0.5, 0.6) is 0 Å². The van der Waals surface area contributed by atoms with Crippen LogP contribution in [0, 0.1) is 5.82 Å². The van der Waals surface area contributed by atoms with E-state index in [4.69, 9.17) is 0 Å². The lowest BCUT2D eigenvalue weighted by Gasteiger charge is -2.10. The lowest BCUT2D eigenvalue weighted by Crippen LogP contribution is -2.24. The van der Waals surface area contributed by atoms with Gasteiger partial charge in [0, 0.05) is 37.3 Å². The highest BCUT2D eigenvalue weighted by Gasteiger charge is 2.24. The summed E-state index contributed by atoms with van der Waals surface area (Å²) in [4.78, 5) is 37.4. The van der Waals surface area contributed by atoms with E-state index in [0.29, 0.717) is 17.5 Å². The van der Waals surface area contributed by atoms with Gasteiger partial charge < -0.3 is 10.2 Å². The molecule has 1 aliphatic rings. The van der Waals surface area contributed by atoms with Crippen molar-refractivity contribution in [2.45, 2.75) is 12.8 Å². The number of rotatable bonds is 6. The molecule has 2 amide bonds. The molecule has 0 spiro atoms. The molecule has 0 radical (unpaired) electrons. The van der Waals surface area contributed by atoms with E-state index in [0.717, 1.165) is 11.3 Å². The highest BCUT2D eigenvalue weighted by molar-refractivity contribution is 6.03. The number of anilines is 1. The molecule has 0 aromatic heterocycles. The number of Topliss-reactive ketones (excluding diaryl/α,β-unsaturated/α-hetero) is 1.